The maximum absolute atomic E-state index is 8.95. The summed E-state index contributed by atoms with van der Waals surface area (Å²) in [5.41, 5.74) is 14.5. The first kappa shape index (κ1) is 33.4. The molecule has 0 atom stereocenters. The van der Waals surface area contributed by atoms with Gasteiger partial charge in [-0.1, -0.05) is 49.9 Å². The molecule has 0 N–H and O–H groups in total. The van der Waals surface area contributed by atoms with E-state index in [9.17, 15) is 0 Å². The predicted octanol–water partition coefficient (Wildman–Crippen LogP) is 10.2. The summed E-state index contributed by atoms with van der Waals surface area (Å²) < 4.78 is 8.93. The van der Waals surface area contributed by atoms with Crippen LogP contribution in [0.15, 0.2) is 107 Å². The Bertz CT molecular complexity index is 1830. The highest BCUT2D eigenvalue weighted by Crippen LogP contribution is 2.20. The van der Waals surface area contributed by atoms with Crippen LogP contribution in [0, 0.1) is 13.8 Å². The van der Waals surface area contributed by atoms with Gasteiger partial charge in [0.25, 0.3) is 6.47 Å². The zero-order valence-corrected chi connectivity index (χ0v) is 26.5. The van der Waals surface area contributed by atoms with Crippen LogP contribution in [0.4, 0.5) is 0 Å². The number of thiazole rings is 4. The van der Waals surface area contributed by atoms with Crippen LogP contribution in [-0.4, -0.2) is 33.5 Å². The number of aromatic nitrogens is 4. The van der Waals surface area contributed by atoms with Gasteiger partial charge in [0.2, 0.25) is 0 Å². The maximum Gasteiger partial charge on any atom is 0.292 e. The van der Waals surface area contributed by atoms with Crippen molar-refractivity contribution in [1.29, 1.82) is 0 Å². The molecule has 0 aliphatic rings. The Morgan fingerprint density at radius 2 is 1.05 bits per heavy atom. The van der Waals surface area contributed by atoms with Crippen LogP contribution in [-0.2, 0) is 9.53 Å². The lowest BCUT2D eigenvalue weighted by Gasteiger charge is -1.90. The molecule has 6 nitrogen and oxygen atoms in total. The number of ether oxygens (including phenoxy) is 1. The molecule has 4 aromatic carbocycles. The molecule has 0 amide bonds. The summed E-state index contributed by atoms with van der Waals surface area (Å²) in [6.07, 6.45) is 0. The minimum Gasteiger partial charge on any atom is -0.471 e. The predicted molar refractivity (Wildman–Crippen MR) is 188 cm³/mol. The minimum atomic E-state index is 0. The lowest BCUT2D eigenvalue weighted by atomic mass is 10.2. The average molecular weight is 645 g/mol. The molecule has 8 aromatic rings. The summed E-state index contributed by atoms with van der Waals surface area (Å²) in [4.78, 5) is 25.7. The van der Waals surface area contributed by atoms with Crippen molar-refractivity contribution in [2.24, 2.45) is 0 Å². The van der Waals surface area contributed by atoms with Crippen LogP contribution in [0.5, 0.6) is 0 Å². The molecule has 0 unspecified atom stereocenters. The molecule has 0 bridgehead atoms. The second-order valence-corrected chi connectivity index (χ2v) is 12.1. The van der Waals surface area contributed by atoms with Crippen LogP contribution >= 0.6 is 45.3 Å². The van der Waals surface area contributed by atoms with Crippen molar-refractivity contribution in [1.82, 2.24) is 19.9 Å². The van der Waals surface area contributed by atoms with E-state index in [0.29, 0.717) is 6.47 Å². The van der Waals surface area contributed by atoms with E-state index in [1.165, 1.54) is 37.0 Å². The second kappa shape index (κ2) is 17.8. The van der Waals surface area contributed by atoms with Gasteiger partial charge < -0.3 is 4.74 Å². The van der Waals surface area contributed by atoms with Crippen molar-refractivity contribution in [3.05, 3.63) is 118 Å². The van der Waals surface area contributed by atoms with Gasteiger partial charge in [0.05, 0.1) is 70.0 Å². The van der Waals surface area contributed by atoms with Crippen molar-refractivity contribution in [2.75, 3.05) is 7.11 Å². The molecule has 0 fully saturated rings. The summed E-state index contributed by atoms with van der Waals surface area (Å²) in [6.45, 7) is 4.54. The summed E-state index contributed by atoms with van der Waals surface area (Å²) in [5, 5.41) is 0. The number of hydrogen-bond donors (Lipinski definition) is 0. The fourth-order valence-corrected chi connectivity index (χ4v) is 6.37. The Hall–Kier alpha value is -4.09. The highest BCUT2D eigenvalue weighted by Gasteiger charge is 1.96. The van der Waals surface area contributed by atoms with Gasteiger partial charge in [0.15, 0.2) is 0 Å². The molecule has 0 spiro atoms. The van der Waals surface area contributed by atoms with Crippen LogP contribution < -0.4 is 0 Å². The van der Waals surface area contributed by atoms with Gasteiger partial charge >= 0.3 is 0 Å². The Balaban J connectivity index is 0.000000150. The van der Waals surface area contributed by atoms with Crippen LogP contribution in [0.25, 0.3) is 40.9 Å². The number of nitrogens with zero attached hydrogens (tertiary/aromatic N) is 4. The lowest BCUT2D eigenvalue weighted by molar-refractivity contribution is -0.126. The van der Waals surface area contributed by atoms with Crippen molar-refractivity contribution in [2.45, 2.75) is 21.3 Å². The lowest BCUT2D eigenvalue weighted by Crippen LogP contribution is -1.72. The third kappa shape index (κ3) is 10.0. The van der Waals surface area contributed by atoms with E-state index in [4.69, 9.17) is 4.79 Å². The Labute approximate surface area is 267 Å². The fraction of sp³-hybridized carbons (Fsp3) is 0.121. The third-order valence-electron chi connectivity index (χ3n) is 5.62. The topological polar surface area (TPSA) is 77.9 Å². The maximum atomic E-state index is 8.95. The minimum absolute atomic E-state index is 0. The molecule has 0 aliphatic heterocycles. The van der Waals surface area contributed by atoms with Crippen molar-refractivity contribution < 1.29 is 9.53 Å². The SMILES string of the molecule is C.COC=O.Cc1ccc2scnc2c1.Cc1cccc2scnc12.c1ccc2scnc2c1.c1ccc2scnc2c1. The largest absolute Gasteiger partial charge is 0.471 e. The van der Waals surface area contributed by atoms with Gasteiger partial charge in [-0.15, -0.1) is 45.3 Å². The first-order valence-electron chi connectivity index (χ1n) is 12.7. The second-order valence-electron chi connectivity index (χ2n) is 8.57. The smallest absolute Gasteiger partial charge is 0.292 e. The van der Waals surface area contributed by atoms with Gasteiger partial charge in [0, 0.05) is 0 Å². The number of fused-ring (bicyclic) bond motifs is 4. The normalized spacial score (nSPS) is 9.65. The summed E-state index contributed by atoms with van der Waals surface area (Å²) in [5.74, 6) is 0. The molecular weight excluding hydrogens is 613 g/mol. The van der Waals surface area contributed by atoms with Gasteiger partial charge in [-0.3, -0.25) is 4.79 Å². The zero-order valence-electron chi connectivity index (χ0n) is 23.2. The van der Waals surface area contributed by atoms with Gasteiger partial charge in [-0.25, -0.2) is 19.9 Å². The van der Waals surface area contributed by atoms with E-state index in [1.54, 1.807) is 45.3 Å². The average Bonchev–Trinajstić information content (AvgIpc) is 3.85. The number of carbonyl (C=O) groups is 1. The zero-order chi connectivity index (χ0) is 29.6. The molecule has 220 valence electrons. The van der Waals surface area contributed by atoms with Crippen molar-refractivity contribution >= 4 is 92.7 Å². The van der Waals surface area contributed by atoms with E-state index in [1.807, 2.05) is 58.4 Å². The highest BCUT2D eigenvalue weighted by atomic mass is 32.1. The van der Waals surface area contributed by atoms with Crippen LogP contribution in [0.2, 0.25) is 0 Å². The van der Waals surface area contributed by atoms with Crippen LogP contribution in [0.3, 0.4) is 0 Å². The molecule has 8 rings (SSSR count). The fourth-order valence-electron chi connectivity index (χ4n) is 3.60. The van der Waals surface area contributed by atoms with Crippen LogP contribution in [0.1, 0.15) is 18.6 Å². The Morgan fingerprint density at radius 3 is 1.58 bits per heavy atom. The monoisotopic (exact) mass is 644 g/mol. The Morgan fingerprint density at radius 1 is 0.581 bits per heavy atom. The standard InChI is InChI=1S/2C8H7NS.2C7H5NS.C2H4O2.CH4/c1-6-2-3-8-7(4-6)9-5-10-8;1-6-3-2-4-7-8(6)9-5-10-7;2*1-2-4-7-6(3-1)8-5-9-7;1-4-2-3;/h2*2-5H,1H3;2*1-5H;2H,1H3;1H4. The summed E-state index contributed by atoms with van der Waals surface area (Å²) in [6, 6.07) is 28.8. The molecule has 0 radical (unpaired) electrons. The number of carbonyl (C=O) groups excluding carboxylic acids is 1. The first-order valence-corrected chi connectivity index (χ1v) is 16.2. The van der Waals surface area contributed by atoms with Gasteiger partial charge in [0.1, 0.15) is 0 Å². The molecule has 0 saturated carbocycles. The number of methoxy groups -OCH3 is 1. The number of rotatable bonds is 1. The van der Waals surface area contributed by atoms with E-state index in [2.05, 4.69) is 87.1 Å². The number of aryl methyl sites for hydroxylation is 2. The summed E-state index contributed by atoms with van der Waals surface area (Å²) in [7, 11) is 1.31. The molecule has 0 aliphatic carbocycles. The number of hydrogen-bond acceptors (Lipinski definition) is 10. The summed E-state index contributed by atoms with van der Waals surface area (Å²) >= 11 is 6.73. The third-order valence-corrected chi connectivity index (χ3v) is 8.84. The van der Waals surface area contributed by atoms with E-state index in [-0.39, 0.29) is 7.43 Å². The molecule has 4 aromatic heterocycles. The van der Waals surface area contributed by atoms with E-state index >= 15 is 0 Å². The molecular formula is C33H32N4O2S4. The first-order chi connectivity index (χ1) is 20.6. The van der Waals surface area contributed by atoms with Crippen molar-refractivity contribution in [3.8, 4) is 0 Å². The number of benzene rings is 4. The quantitative estimate of drug-likeness (QED) is 0.166. The van der Waals surface area contributed by atoms with Gasteiger partial charge in [-0.05, 0) is 67.4 Å². The molecule has 4 heterocycles. The van der Waals surface area contributed by atoms with Gasteiger partial charge in [-0.2, -0.15) is 0 Å². The molecule has 43 heavy (non-hydrogen) atoms. The van der Waals surface area contributed by atoms with Crippen molar-refractivity contribution in [3.63, 3.8) is 0 Å². The number of para-hydroxylation sites is 3. The van der Waals surface area contributed by atoms with E-state index in [0.717, 1.165) is 22.1 Å². The molecule has 0 saturated heterocycles. The molecule has 10 heteroatoms. The van der Waals surface area contributed by atoms with E-state index < -0.39 is 0 Å². The Kier molecular flexibility index (Phi) is 13.8. The highest BCUT2D eigenvalue weighted by molar-refractivity contribution is 7.17.